The highest BCUT2D eigenvalue weighted by Gasteiger charge is 2.32. The van der Waals surface area contributed by atoms with Gasteiger partial charge in [0.25, 0.3) is 0 Å². The van der Waals surface area contributed by atoms with E-state index in [1.54, 1.807) is 0 Å². The van der Waals surface area contributed by atoms with E-state index < -0.39 is 0 Å². The summed E-state index contributed by atoms with van der Waals surface area (Å²) in [6.45, 7) is 3.13. The number of carbonyl (C=O) groups excluding carboxylic acids is 1. The van der Waals surface area contributed by atoms with Crippen LogP contribution in [0.25, 0.3) is 0 Å². The van der Waals surface area contributed by atoms with Gasteiger partial charge in [0.15, 0.2) is 0 Å². The van der Waals surface area contributed by atoms with Crippen LogP contribution in [-0.4, -0.2) is 37.0 Å². The largest absolute Gasteiger partial charge is 0.343 e. The van der Waals surface area contributed by atoms with Gasteiger partial charge >= 0.3 is 0 Å². The maximum Gasteiger partial charge on any atom is 0.225 e. The molecule has 4 nitrogen and oxygen atoms in total. The molecule has 0 aromatic carbocycles. The van der Waals surface area contributed by atoms with Gasteiger partial charge in [0.2, 0.25) is 5.91 Å². The van der Waals surface area contributed by atoms with E-state index in [1.807, 2.05) is 20.0 Å². The minimum atomic E-state index is 0.0124. The number of hydrogen-bond acceptors (Lipinski definition) is 3. The van der Waals surface area contributed by atoms with Gasteiger partial charge in [-0.2, -0.15) is 5.26 Å². The van der Waals surface area contributed by atoms with Gasteiger partial charge in [-0.3, -0.25) is 4.79 Å². The van der Waals surface area contributed by atoms with Gasteiger partial charge in [-0.25, -0.2) is 0 Å². The first-order valence-electron chi connectivity index (χ1n) is 4.51. The molecule has 1 aliphatic heterocycles. The Morgan fingerprint density at radius 2 is 2.46 bits per heavy atom. The molecule has 0 aromatic rings. The molecule has 1 fully saturated rings. The number of nitrogens with one attached hydrogen (secondary N) is 1. The standard InChI is InChI=1S/C9H15N3O/c1-7-8(3-6-12(7)2)9(13)11-5-4-10/h7-8H,3,5-6H2,1-2H3,(H,11,13). The number of hydrogen-bond donors (Lipinski definition) is 1. The van der Waals surface area contributed by atoms with E-state index in [0.717, 1.165) is 13.0 Å². The van der Waals surface area contributed by atoms with Crippen LogP contribution in [0.1, 0.15) is 13.3 Å². The van der Waals surface area contributed by atoms with Crippen molar-refractivity contribution in [1.82, 2.24) is 10.2 Å². The summed E-state index contributed by atoms with van der Waals surface area (Å²) in [6, 6.07) is 2.19. The molecule has 0 saturated carbocycles. The van der Waals surface area contributed by atoms with E-state index in [-0.39, 0.29) is 18.4 Å². The minimum absolute atomic E-state index is 0.0124. The van der Waals surface area contributed by atoms with Crippen LogP contribution in [0.4, 0.5) is 0 Å². The van der Waals surface area contributed by atoms with E-state index in [9.17, 15) is 4.79 Å². The van der Waals surface area contributed by atoms with Crippen molar-refractivity contribution in [2.75, 3.05) is 20.1 Å². The molecule has 1 heterocycles. The van der Waals surface area contributed by atoms with Crippen molar-refractivity contribution in [3.8, 4) is 6.07 Å². The summed E-state index contributed by atoms with van der Waals surface area (Å²) in [4.78, 5) is 13.6. The number of carbonyl (C=O) groups is 1. The third kappa shape index (κ3) is 2.19. The minimum Gasteiger partial charge on any atom is -0.343 e. The van der Waals surface area contributed by atoms with E-state index in [1.165, 1.54) is 0 Å². The monoisotopic (exact) mass is 181 g/mol. The molecular weight excluding hydrogens is 166 g/mol. The Balaban J connectivity index is 2.44. The molecule has 13 heavy (non-hydrogen) atoms. The highest BCUT2D eigenvalue weighted by atomic mass is 16.1. The fourth-order valence-corrected chi connectivity index (χ4v) is 1.70. The molecule has 1 rings (SSSR count). The summed E-state index contributed by atoms with van der Waals surface area (Å²) in [5.41, 5.74) is 0. The van der Waals surface area contributed by atoms with Crippen molar-refractivity contribution in [2.45, 2.75) is 19.4 Å². The third-order valence-corrected chi connectivity index (χ3v) is 2.75. The molecule has 2 unspecified atom stereocenters. The molecule has 1 saturated heterocycles. The van der Waals surface area contributed by atoms with E-state index >= 15 is 0 Å². The van der Waals surface area contributed by atoms with Crippen LogP contribution in [-0.2, 0) is 4.79 Å². The van der Waals surface area contributed by atoms with Crippen LogP contribution in [0.15, 0.2) is 0 Å². The second kappa shape index (κ2) is 4.24. The quantitative estimate of drug-likeness (QED) is 0.608. The molecule has 0 spiro atoms. The van der Waals surface area contributed by atoms with Crippen LogP contribution in [0.2, 0.25) is 0 Å². The van der Waals surface area contributed by atoms with E-state index in [4.69, 9.17) is 5.26 Å². The highest BCUT2D eigenvalue weighted by Crippen LogP contribution is 2.22. The van der Waals surface area contributed by atoms with Crippen molar-refractivity contribution >= 4 is 5.91 Å². The fourth-order valence-electron chi connectivity index (χ4n) is 1.70. The summed E-state index contributed by atoms with van der Waals surface area (Å²) in [6.07, 6.45) is 0.898. The maximum absolute atomic E-state index is 11.5. The van der Waals surface area contributed by atoms with Gasteiger partial charge in [-0.1, -0.05) is 0 Å². The van der Waals surface area contributed by atoms with Gasteiger partial charge < -0.3 is 10.2 Å². The third-order valence-electron chi connectivity index (χ3n) is 2.75. The summed E-state index contributed by atoms with van der Waals surface area (Å²) < 4.78 is 0. The van der Waals surface area contributed by atoms with Crippen molar-refractivity contribution in [2.24, 2.45) is 5.92 Å². The highest BCUT2D eigenvalue weighted by molar-refractivity contribution is 5.79. The van der Waals surface area contributed by atoms with Crippen molar-refractivity contribution in [3.05, 3.63) is 0 Å². The second-order valence-electron chi connectivity index (χ2n) is 3.49. The SMILES string of the molecule is CC1C(C(=O)NCC#N)CCN1C. The first kappa shape index (κ1) is 10.0. The normalized spacial score (nSPS) is 28.4. The average Bonchev–Trinajstić information content (AvgIpc) is 2.44. The molecule has 4 heteroatoms. The molecule has 1 N–H and O–H groups in total. The van der Waals surface area contributed by atoms with Crippen LogP contribution in [0.3, 0.4) is 0 Å². The van der Waals surface area contributed by atoms with Gasteiger partial charge in [-0.15, -0.1) is 0 Å². The summed E-state index contributed by atoms with van der Waals surface area (Å²) in [5.74, 6) is 0.0664. The van der Waals surface area contributed by atoms with Gasteiger partial charge in [-0.05, 0) is 26.9 Å². The van der Waals surface area contributed by atoms with Crippen molar-refractivity contribution < 1.29 is 4.79 Å². The Bertz CT molecular complexity index is 234. The predicted molar refractivity (Wildman–Crippen MR) is 48.8 cm³/mol. The van der Waals surface area contributed by atoms with Gasteiger partial charge in [0.05, 0.1) is 12.0 Å². The fraction of sp³-hybridized carbons (Fsp3) is 0.778. The average molecular weight is 181 g/mol. The lowest BCUT2D eigenvalue weighted by molar-refractivity contribution is -0.125. The lowest BCUT2D eigenvalue weighted by atomic mass is 10.0. The van der Waals surface area contributed by atoms with Gasteiger partial charge in [0.1, 0.15) is 6.54 Å². The first-order valence-corrected chi connectivity index (χ1v) is 4.51. The van der Waals surface area contributed by atoms with Crippen LogP contribution in [0, 0.1) is 17.2 Å². The Labute approximate surface area is 78.5 Å². The summed E-state index contributed by atoms with van der Waals surface area (Å²) >= 11 is 0. The van der Waals surface area contributed by atoms with Crippen LogP contribution < -0.4 is 5.32 Å². The zero-order valence-electron chi connectivity index (χ0n) is 8.08. The first-order chi connectivity index (χ1) is 6.16. The van der Waals surface area contributed by atoms with Crippen LogP contribution >= 0.6 is 0 Å². The molecule has 2 atom stereocenters. The lowest BCUT2D eigenvalue weighted by Crippen LogP contribution is -2.37. The summed E-state index contributed by atoms with van der Waals surface area (Å²) in [5, 5.41) is 10.9. The molecule has 1 amide bonds. The van der Waals surface area contributed by atoms with Gasteiger partial charge in [0, 0.05) is 6.04 Å². The number of likely N-dealkylation sites (tertiary alicyclic amines) is 1. The number of nitriles is 1. The molecular formula is C9H15N3O. The zero-order chi connectivity index (χ0) is 9.84. The Morgan fingerprint density at radius 1 is 1.77 bits per heavy atom. The number of rotatable bonds is 2. The smallest absolute Gasteiger partial charge is 0.225 e. The Morgan fingerprint density at radius 3 is 2.92 bits per heavy atom. The molecule has 0 aliphatic carbocycles. The Kier molecular flexibility index (Phi) is 3.26. The second-order valence-corrected chi connectivity index (χ2v) is 3.49. The van der Waals surface area contributed by atoms with E-state index in [2.05, 4.69) is 10.2 Å². The topological polar surface area (TPSA) is 56.1 Å². The van der Waals surface area contributed by atoms with Crippen molar-refractivity contribution in [1.29, 1.82) is 5.26 Å². The van der Waals surface area contributed by atoms with Crippen molar-refractivity contribution in [3.63, 3.8) is 0 Å². The molecule has 0 aromatic heterocycles. The van der Waals surface area contributed by atoms with E-state index in [0.29, 0.717) is 6.04 Å². The zero-order valence-corrected chi connectivity index (χ0v) is 8.08. The van der Waals surface area contributed by atoms with Crippen LogP contribution in [0.5, 0.6) is 0 Å². The number of nitrogens with zero attached hydrogens (tertiary/aromatic N) is 2. The molecule has 1 aliphatic rings. The number of amides is 1. The lowest BCUT2D eigenvalue weighted by Gasteiger charge is -2.19. The molecule has 0 bridgehead atoms. The summed E-state index contributed by atoms with van der Waals surface area (Å²) in [7, 11) is 2.02. The maximum atomic E-state index is 11.5. The molecule has 72 valence electrons. The Hall–Kier alpha value is -1.08. The predicted octanol–water partition coefficient (Wildman–Crippen LogP) is -0.0336. The molecule has 0 radical (unpaired) electrons.